The first kappa shape index (κ1) is 17.6. The summed E-state index contributed by atoms with van der Waals surface area (Å²) < 4.78 is 5.25. The molecule has 7 heteroatoms. The van der Waals surface area contributed by atoms with Crippen LogP contribution in [0.15, 0.2) is 18.2 Å². The Morgan fingerprint density at radius 3 is 2.78 bits per heavy atom. The maximum absolute atomic E-state index is 12.1. The molecule has 23 heavy (non-hydrogen) atoms. The Bertz CT molecular complexity index is 594. The zero-order chi connectivity index (χ0) is 17.0. The van der Waals surface area contributed by atoms with Gasteiger partial charge in [-0.15, -0.1) is 0 Å². The van der Waals surface area contributed by atoms with E-state index in [1.54, 1.807) is 25.3 Å². The molecule has 1 aliphatic rings. The van der Waals surface area contributed by atoms with Crippen molar-refractivity contribution in [2.45, 2.75) is 13.5 Å². The summed E-state index contributed by atoms with van der Waals surface area (Å²) in [5, 5.41) is 3.44. The quantitative estimate of drug-likeness (QED) is 0.810. The average Bonchev–Trinajstić information content (AvgIpc) is 2.86. The van der Waals surface area contributed by atoms with Crippen LogP contribution < -0.4 is 15.8 Å². The monoisotopic (exact) mass is 339 g/mol. The van der Waals surface area contributed by atoms with Crippen molar-refractivity contribution in [2.75, 3.05) is 26.7 Å². The molecule has 0 saturated carbocycles. The number of methoxy groups -OCH3 is 1. The summed E-state index contributed by atoms with van der Waals surface area (Å²) in [6.45, 7) is 3.79. The molecule has 3 N–H and O–H groups in total. The van der Waals surface area contributed by atoms with Gasteiger partial charge in [0.2, 0.25) is 11.8 Å². The van der Waals surface area contributed by atoms with Crippen LogP contribution in [0.4, 0.5) is 0 Å². The Hall–Kier alpha value is -1.79. The van der Waals surface area contributed by atoms with Crippen molar-refractivity contribution < 1.29 is 14.3 Å². The van der Waals surface area contributed by atoms with E-state index in [2.05, 4.69) is 5.32 Å². The molecule has 1 fully saturated rings. The first-order valence-corrected chi connectivity index (χ1v) is 7.89. The van der Waals surface area contributed by atoms with Crippen LogP contribution in [0.1, 0.15) is 12.5 Å². The first-order chi connectivity index (χ1) is 10.9. The number of amides is 2. The summed E-state index contributed by atoms with van der Waals surface area (Å²) in [6.07, 6.45) is 0. The molecule has 0 aromatic heterocycles. The molecular weight excluding hydrogens is 318 g/mol. The maximum atomic E-state index is 12.1. The number of hydrogen-bond donors (Lipinski definition) is 2. The fraction of sp³-hybridized carbons (Fsp3) is 0.500. The summed E-state index contributed by atoms with van der Waals surface area (Å²) in [5.41, 5.74) is 6.19. The third kappa shape index (κ3) is 4.59. The van der Waals surface area contributed by atoms with E-state index < -0.39 is 0 Å². The predicted molar refractivity (Wildman–Crippen MR) is 88.1 cm³/mol. The number of carbonyl (C=O) groups is 2. The molecule has 126 valence electrons. The number of likely N-dealkylation sites (tertiary alicyclic amines) is 1. The number of rotatable bonds is 6. The number of nitrogens with one attached hydrogen (secondary N) is 1. The third-order valence-electron chi connectivity index (χ3n) is 4.14. The van der Waals surface area contributed by atoms with Gasteiger partial charge in [0.25, 0.3) is 0 Å². The second-order valence-corrected chi connectivity index (χ2v) is 6.35. The van der Waals surface area contributed by atoms with Crippen LogP contribution in [-0.4, -0.2) is 43.5 Å². The van der Waals surface area contributed by atoms with E-state index in [-0.39, 0.29) is 30.2 Å². The minimum atomic E-state index is -0.302. The van der Waals surface area contributed by atoms with Crippen molar-refractivity contribution in [3.05, 3.63) is 28.8 Å². The van der Waals surface area contributed by atoms with Crippen molar-refractivity contribution in [3.63, 3.8) is 0 Å². The van der Waals surface area contributed by atoms with E-state index >= 15 is 0 Å². The SMILES string of the molecule is COc1ccc(Cl)cc1CNC(=O)CN1C[C@@H](C)[C@H](C(N)=O)C1. The Labute approximate surface area is 140 Å². The largest absolute Gasteiger partial charge is 0.496 e. The van der Waals surface area contributed by atoms with E-state index in [0.717, 1.165) is 5.56 Å². The van der Waals surface area contributed by atoms with Gasteiger partial charge in [0.1, 0.15) is 5.75 Å². The van der Waals surface area contributed by atoms with Crippen LogP contribution in [0, 0.1) is 11.8 Å². The van der Waals surface area contributed by atoms with Crippen molar-refractivity contribution in [3.8, 4) is 5.75 Å². The Morgan fingerprint density at radius 2 is 2.17 bits per heavy atom. The zero-order valence-electron chi connectivity index (χ0n) is 13.3. The molecule has 0 bridgehead atoms. The second-order valence-electron chi connectivity index (χ2n) is 5.91. The van der Waals surface area contributed by atoms with Gasteiger partial charge < -0.3 is 15.8 Å². The van der Waals surface area contributed by atoms with E-state index in [0.29, 0.717) is 30.4 Å². The number of ether oxygens (including phenoxy) is 1. The van der Waals surface area contributed by atoms with E-state index in [1.807, 2.05) is 11.8 Å². The third-order valence-corrected chi connectivity index (χ3v) is 4.37. The molecule has 2 rings (SSSR count). The van der Waals surface area contributed by atoms with Crippen molar-refractivity contribution in [2.24, 2.45) is 17.6 Å². The van der Waals surface area contributed by atoms with Gasteiger partial charge in [-0.3, -0.25) is 14.5 Å². The summed E-state index contributed by atoms with van der Waals surface area (Å²) in [6, 6.07) is 5.27. The summed E-state index contributed by atoms with van der Waals surface area (Å²) >= 11 is 5.97. The molecule has 2 amide bonds. The van der Waals surface area contributed by atoms with E-state index in [9.17, 15) is 9.59 Å². The Kier molecular flexibility index (Phi) is 5.85. The average molecular weight is 340 g/mol. The highest BCUT2D eigenvalue weighted by atomic mass is 35.5. The van der Waals surface area contributed by atoms with Gasteiger partial charge in [-0.25, -0.2) is 0 Å². The fourth-order valence-electron chi connectivity index (χ4n) is 2.90. The highest BCUT2D eigenvalue weighted by Gasteiger charge is 2.33. The molecule has 1 heterocycles. The molecule has 1 aliphatic heterocycles. The highest BCUT2D eigenvalue weighted by molar-refractivity contribution is 6.30. The zero-order valence-corrected chi connectivity index (χ0v) is 14.1. The minimum absolute atomic E-state index is 0.107. The first-order valence-electron chi connectivity index (χ1n) is 7.51. The van der Waals surface area contributed by atoms with Gasteiger partial charge in [0.15, 0.2) is 0 Å². The summed E-state index contributed by atoms with van der Waals surface area (Å²) in [4.78, 5) is 25.4. The number of nitrogens with zero attached hydrogens (tertiary/aromatic N) is 1. The summed E-state index contributed by atoms with van der Waals surface area (Å²) in [5.74, 6) is 0.260. The molecule has 1 aromatic rings. The number of halogens is 1. The van der Waals surface area contributed by atoms with Crippen molar-refractivity contribution in [1.82, 2.24) is 10.2 Å². The normalized spacial score (nSPS) is 21.2. The predicted octanol–water partition coefficient (Wildman–Crippen LogP) is 1.02. The Balaban J connectivity index is 1.87. The molecule has 1 aromatic carbocycles. The number of benzene rings is 1. The van der Waals surface area contributed by atoms with Crippen LogP contribution in [0.25, 0.3) is 0 Å². The van der Waals surface area contributed by atoms with Crippen molar-refractivity contribution in [1.29, 1.82) is 0 Å². The van der Waals surface area contributed by atoms with Gasteiger partial charge in [0, 0.05) is 30.2 Å². The molecular formula is C16H22ClN3O3. The number of primary amides is 1. The topological polar surface area (TPSA) is 84.7 Å². The van der Waals surface area contributed by atoms with Crippen LogP contribution in [0.5, 0.6) is 5.75 Å². The molecule has 0 spiro atoms. The standard InChI is InChI=1S/C16H22ClN3O3/c1-10-7-20(8-13(10)16(18)22)9-15(21)19-6-11-5-12(17)3-4-14(11)23-2/h3-5,10,13H,6-9H2,1-2H3,(H2,18,22)(H,19,21)/t10-,13-/m1/s1. The van der Waals surface area contributed by atoms with Gasteiger partial charge in [-0.2, -0.15) is 0 Å². The lowest BCUT2D eigenvalue weighted by Gasteiger charge is -2.15. The minimum Gasteiger partial charge on any atom is -0.496 e. The number of nitrogens with two attached hydrogens (primary N) is 1. The van der Waals surface area contributed by atoms with Crippen molar-refractivity contribution >= 4 is 23.4 Å². The van der Waals surface area contributed by atoms with Crippen LogP contribution in [0.3, 0.4) is 0 Å². The molecule has 6 nitrogen and oxygen atoms in total. The van der Waals surface area contributed by atoms with Gasteiger partial charge in [-0.1, -0.05) is 18.5 Å². The lowest BCUT2D eigenvalue weighted by atomic mass is 9.98. The smallest absolute Gasteiger partial charge is 0.234 e. The van der Waals surface area contributed by atoms with Gasteiger partial charge in [0.05, 0.1) is 19.6 Å². The fourth-order valence-corrected chi connectivity index (χ4v) is 3.10. The van der Waals surface area contributed by atoms with Gasteiger partial charge >= 0.3 is 0 Å². The highest BCUT2D eigenvalue weighted by Crippen LogP contribution is 2.23. The Morgan fingerprint density at radius 1 is 1.43 bits per heavy atom. The van der Waals surface area contributed by atoms with Crippen LogP contribution in [0.2, 0.25) is 5.02 Å². The maximum Gasteiger partial charge on any atom is 0.234 e. The van der Waals surface area contributed by atoms with E-state index in [1.165, 1.54) is 0 Å². The van der Waals surface area contributed by atoms with Crippen LogP contribution in [-0.2, 0) is 16.1 Å². The van der Waals surface area contributed by atoms with Crippen LogP contribution >= 0.6 is 11.6 Å². The lowest BCUT2D eigenvalue weighted by Crippen LogP contribution is -2.36. The number of carbonyl (C=O) groups excluding carboxylic acids is 2. The molecule has 0 aliphatic carbocycles. The number of hydrogen-bond acceptors (Lipinski definition) is 4. The molecule has 0 radical (unpaired) electrons. The summed E-state index contributed by atoms with van der Waals surface area (Å²) in [7, 11) is 1.57. The molecule has 0 unspecified atom stereocenters. The second kappa shape index (κ2) is 7.66. The lowest BCUT2D eigenvalue weighted by molar-refractivity contribution is -0.124. The van der Waals surface area contributed by atoms with E-state index in [4.69, 9.17) is 22.1 Å². The van der Waals surface area contributed by atoms with Gasteiger partial charge in [-0.05, 0) is 24.1 Å². The molecule has 2 atom stereocenters. The molecule has 1 saturated heterocycles.